The minimum absolute atomic E-state index is 0.316. The maximum atomic E-state index is 13.3. The SMILES string of the molecule is CCc1ccccc1C(O)c1cc(F)ccc1C. The number of benzene rings is 2. The van der Waals surface area contributed by atoms with Crippen molar-refractivity contribution in [3.8, 4) is 0 Å². The largest absolute Gasteiger partial charge is 0.384 e. The summed E-state index contributed by atoms with van der Waals surface area (Å²) in [6.45, 7) is 3.93. The third-order valence-corrected chi connectivity index (χ3v) is 3.27. The summed E-state index contributed by atoms with van der Waals surface area (Å²) in [4.78, 5) is 0. The van der Waals surface area contributed by atoms with Crippen LogP contribution in [0.1, 0.15) is 35.3 Å². The number of rotatable bonds is 3. The van der Waals surface area contributed by atoms with Crippen LogP contribution in [0.2, 0.25) is 0 Å². The van der Waals surface area contributed by atoms with Gasteiger partial charge in [0.25, 0.3) is 0 Å². The van der Waals surface area contributed by atoms with Gasteiger partial charge in [0.2, 0.25) is 0 Å². The Morgan fingerprint density at radius 2 is 1.83 bits per heavy atom. The minimum Gasteiger partial charge on any atom is -0.384 e. The molecule has 0 aliphatic carbocycles. The number of hydrogen-bond donors (Lipinski definition) is 1. The van der Waals surface area contributed by atoms with Gasteiger partial charge in [-0.15, -0.1) is 0 Å². The molecule has 18 heavy (non-hydrogen) atoms. The molecule has 1 unspecified atom stereocenters. The van der Waals surface area contributed by atoms with E-state index in [1.807, 2.05) is 38.1 Å². The first-order chi connectivity index (χ1) is 8.63. The van der Waals surface area contributed by atoms with Gasteiger partial charge in [-0.3, -0.25) is 0 Å². The van der Waals surface area contributed by atoms with Gasteiger partial charge < -0.3 is 5.11 Å². The van der Waals surface area contributed by atoms with E-state index in [0.29, 0.717) is 5.56 Å². The topological polar surface area (TPSA) is 20.2 Å². The Bertz CT molecular complexity index is 549. The van der Waals surface area contributed by atoms with Crippen molar-refractivity contribution in [2.24, 2.45) is 0 Å². The van der Waals surface area contributed by atoms with Crippen LogP contribution in [0.4, 0.5) is 4.39 Å². The highest BCUT2D eigenvalue weighted by molar-refractivity contribution is 5.39. The summed E-state index contributed by atoms with van der Waals surface area (Å²) in [5, 5.41) is 10.4. The molecule has 0 saturated carbocycles. The van der Waals surface area contributed by atoms with Crippen molar-refractivity contribution >= 4 is 0 Å². The fourth-order valence-electron chi connectivity index (χ4n) is 2.20. The van der Waals surface area contributed by atoms with Gasteiger partial charge in [0, 0.05) is 0 Å². The second-order valence-corrected chi connectivity index (χ2v) is 4.46. The second kappa shape index (κ2) is 5.32. The molecule has 0 aliphatic heterocycles. The average Bonchev–Trinajstić information content (AvgIpc) is 2.40. The summed E-state index contributed by atoms with van der Waals surface area (Å²) in [6, 6.07) is 12.3. The Labute approximate surface area is 107 Å². The third kappa shape index (κ3) is 2.44. The number of aliphatic hydroxyl groups excluding tert-OH is 1. The van der Waals surface area contributed by atoms with Crippen LogP contribution in [0.3, 0.4) is 0 Å². The van der Waals surface area contributed by atoms with Crippen molar-refractivity contribution in [2.45, 2.75) is 26.4 Å². The van der Waals surface area contributed by atoms with Crippen LogP contribution in [0, 0.1) is 12.7 Å². The van der Waals surface area contributed by atoms with Crippen molar-refractivity contribution in [1.29, 1.82) is 0 Å². The van der Waals surface area contributed by atoms with Crippen molar-refractivity contribution in [2.75, 3.05) is 0 Å². The van der Waals surface area contributed by atoms with Crippen molar-refractivity contribution in [1.82, 2.24) is 0 Å². The quantitative estimate of drug-likeness (QED) is 0.871. The summed E-state index contributed by atoms with van der Waals surface area (Å²) >= 11 is 0. The molecule has 0 aliphatic rings. The molecule has 0 fully saturated rings. The molecule has 94 valence electrons. The van der Waals surface area contributed by atoms with Crippen LogP contribution in [0.15, 0.2) is 42.5 Å². The lowest BCUT2D eigenvalue weighted by atomic mass is 9.93. The van der Waals surface area contributed by atoms with Gasteiger partial charge in [-0.05, 0) is 47.7 Å². The van der Waals surface area contributed by atoms with Gasteiger partial charge in [-0.1, -0.05) is 37.3 Å². The van der Waals surface area contributed by atoms with E-state index in [1.54, 1.807) is 6.07 Å². The molecular formula is C16H17FO. The highest BCUT2D eigenvalue weighted by Gasteiger charge is 2.16. The van der Waals surface area contributed by atoms with Crippen LogP contribution >= 0.6 is 0 Å². The Kier molecular flexibility index (Phi) is 3.78. The molecule has 0 amide bonds. The van der Waals surface area contributed by atoms with E-state index in [1.165, 1.54) is 12.1 Å². The molecule has 0 bridgehead atoms. The van der Waals surface area contributed by atoms with Crippen LogP contribution in [0.25, 0.3) is 0 Å². The third-order valence-electron chi connectivity index (χ3n) is 3.27. The van der Waals surface area contributed by atoms with Crippen LogP contribution in [-0.4, -0.2) is 5.11 Å². The first-order valence-corrected chi connectivity index (χ1v) is 6.15. The molecular weight excluding hydrogens is 227 g/mol. The monoisotopic (exact) mass is 244 g/mol. The minimum atomic E-state index is -0.767. The maximum Gasteiger partial charge on any atom is 0.123 e. The molecule has 2 rings (SSSR count). The standard InChI is InChI=1S/C16H17FO/c1-3-12-6-4-5-7-14(12)16(18)15-10-13(17)9-8-11(15)2/h4-10,16,18H,3H2,1-2H3. The molecule has 2 aromatic carbocycles. The number of aryl methyl sites for hydroxylation is 2. The lowest BCUT2D eigenvalue weighted by Gasteiger charge is -2.17. The zero-order valence-electron chi connectivity index (χ0n) is 10.7. The molecule has 0 heterocycles. The summed E-state index contributed by atoms with van der Waals surface area (Å²) in [7, 11) is 0. The maximum absolute atomic E-state index is 13.3. The van der Waals surface area contributed by atoms with E-state index in [2.05, 4.69) is 0 Å². The Morgan fingerprint density at radius 1 is 1.11 bits per heavy atom. The molecule has 2 aromatic rings. The molecule has 1 atom stereocenters. The lowest BCUT2D eigenvalue weighted by Crippen LogP contribution is -2.05. The van der Waals surface area contributed by atoms with Crippen LogP contribution < -0.4 is 0 Å². The molecule has 0 radical (unpaired) electrons. The van der Waals surface area contributed by atoms with Crippen molar-refractivity contribution < 1.29 is 9.50 Å². The normalized spacial score (nSPS) is 12.4. The molecule has 0 aromatic heterocycles. The highest BCUT2D eigenvalue weighted by atomic mass is 19.1. The predicted molar refractivity (Wildman–Crippen MR) is 71.0 cm³/mol. The molecule has 0 saturated heterocycles. The summed E-state index contributed by atoms with van der Waals surface area (Å²) in [5.41, 5.74) is 3.48. The highest BCUT2D eigenvalue weighted by Crippen LogP contribution is 2.28. The summed E-state index contributed by atoms with van der Waals surface area (Å²) < 4.78 is 13.3. The van der Waals surface area contributed by atoms with Crippen LogP contribution in [-0.2, 0) is 6.42 Å². The molecule has 1 N–H and O–H groups in total. The van der Waals surface area contributed by atoms with E-state index >= 15 is 0 Å². The fraction of sp³-hybridized carbons (Fsp3) is 0.250. The van der Waals surface area contributed by atoms with E-state index in [-0.39, 0.29) is 5.82 Å². The van der Waals surface area contributed by atoms with Gasteiger partial charge in [-0.25, -0.2) is 4.39 Å². The van der Waals surface area contributed by atoms with Crippen molar-refractivity contribution in [3.05, 3.63) is 70.5 Å². The van der Waals surface area contributed by atoms with E-state index < -0.39 is 6.10 Å². The lowest BCUT2D eigenvalue weighted by molar-refractivity contribution is 0.218. The Balaban J connectivity index is 2.47. The zero-order chi connectivity index (χ0) is 13.1. The fourth-order valence-corrected chi connectivity index (χ4v) is 2.20. The van der Waals surface area contributed by atoms with E-state index in [0.717, 1.165) is 23.1 Å². The second-order valence-electron chi connectivity index (χ2n) is 4.46. The van der Waals surface area contributed by atoms with Gasteiger partial charge in [0.1, 0.15) is 11.9 Å². The van der Waals surface area contributed by atoms with Crippen LogP contribution in [0.5, 0.6) is 0 Å². The van der Waals surface area contributed by atoms with Gasteiger partial charge >= 0.3 is 0 Å². The van der Waals surface area contributed by atoms with E-state index in [9.17, 15) is 9.50 Å². The number of hydrogen-bond acceptors (Lipinski definition) is 1. The molecule has 0 spiro atoms. The van der Waals surface area contributed by atoms with Gasteiger partial charge in [0.15, 0.2) is 0 Å². The zero-order valence-corrected chi connectivity index (χ0v) is 10.7. The molecule has 1 nitrogen and oxygen atoms in total. The van der Waals surface area contributed by atoms with Crippen molar-refractivity contribution in [3.63, 3.8) is 0 Å². The average molecular weight is 244 g/mol. The summed E-state index contributed by atoms with van der Waals surface area (Å²) in [5.74, 6) is -0.316. The first-order valence-electron chi connectivity index (χ1n) is 6.15. The molecule has 2 heteroatoms. The number of aliphatic hydroxyl groups is 1. The first kappa shape index (κ1) is 12.8. The van der Waals surface area contributed by atoms with E-state index in [4.69, 9.17) is 0 Å². The number of halogens is 1. The smallest absolute Gasteiger partial charge is 0.123 e. The summed E-state index contributed by atoms with van der Waals surface area (Å²) in [6.07, 6.45) is 0.0820. The Morgan fingerprint density at radius 3 is 2.56 bits per heavy atom. The Hall–Kier alpha value is -1.67. The predicted octanol–water partition coefficient (Wildman–Crippen LogP) is 3.78. The van der Waals surface area contributed by atoms with Gasteiger partial charge in [-0.2, -0.15) is 0 Å². The van der Waals surface area contributed by atoms with Gasteiger partial charge in [0.05, 0.1) is 0 Å².